The number of hydrogen-bond acceptors (Lipinski definition) is 7. The van der Waals surface area contributed by atoms with E-state index in [2.05, 4.69) is 10.3 Å². The van der Waals surface area contributed by atoms with E-state index in [0.29, 0.717) is 54.9 Å². The molecule has 1 amide bonds. The van der Waals surface area contributed by atoms with E-state index in [-0.39, 0.29) is 23.5 Å². The summed E-state index contributed by atoms with van der Waals surface area (Å²) in [5.74, 6) is -0.617. The summed E-state index contributed by atoms with van der Waals surface area (Å²) in [6.45, 7) is 5.19. The molecule has 3 rings (SSSR count). The second-order valence-electron chi connectivity index (χ2n) is 7.48. The van der Waals surface area contributed by atoms with Gasteiger partial charge in [-0.2, -0.15) is 0 Å². The zero-order valence-electron chi connectivity index (χ0n) is 18.3. The van der Waals surface area contributed by atoms with Crippen molar-refractivity contribution in [3.05, 3.63) is 23.9 Å². The molecule has 1 unspecified atom stereocenters. The molecule has 2 heterocycles. The number of fused-ring (bicyclic) bond motifs is 1. The second-order valence-corrected chi connectivity index (χ2v) is 7.48. The Labute approximate surface area is 181 Å². The SMILES string of the molecule is CCOC(=O)C1CCN(C(C)C(=O)Nc2c(C(=O)OC)[nH]c3cccc(OC)c23)CC1. The highest BCUT2D eigenvalue weighted by Crippen LogP contribution is 2.36. The standard InChI is InChI=1S/C22H29N3O6/c1-5-31-21(27)14-9-11-25(12-10-14)13(2)20(26)24-18-17-15(7-6-8-16(17)29-3)23-19(18)22(28)30-4/h6-8,13-14,23H,5,9-12H2,1-4H3,(H,24,26). The Bertz CT molecular complexity index is 962. The summed E-state index contributed by atoms with van der Waals surface area (Å²) >= 11 is 0. The number of amides is 1. The van der Waals surface area contributed by atoms with Gasteiger partial charge in [0, 0.05) is 0 Å². The van der Waals surface area contributed by atoms with Crippen LogP contribution >= 0.6 is 0 Å². The van der Waals surface area contributed by atoms with Crippen molar-refractivity contribution in [3.8, 4) is 5.75 Å². The molecule has 2 N–H and O–H groups in total. The fraction of sp³-hybridized carbons (Fsp3) is 0.500. The minimum Gasteiger partial charge on any atom is -0.496 e. The molecule has 9 nitrogen and oxygen atoms in total. The molecular formula is C22H29N3O6. The molecule has 0 spiro atoms. The zero-order valence-corrected chi connectivity index (χ0v) is 18.3. The predicted molar refractivity (Wildman–Crippen MR) is 115 cm³/mol. The number of H-pyrrole nitrogens is 1. The van der Waals surface area contributed by atoms with Crippen LogP contribution in [-0.2, 0) is 19.1 Å². The van der Waals surface area contributed by atoms with Crippen molar-refractivity contribution in [1.29, 1.82) is 0 Å². The molecule has 0 bridgehead atoms. The van der Waals surface area contributed by atoms with Gasteiger partial charge in [0.15, 0.2) is 0 Å². The van der Waals surface area contributed by atoms with Crippen LogP contribution in [0.1, 0.15) is 37.2 Å². The molecule has 1 aromatic carbocycles. The van der Waals surface area contributed by atoms with Crippen LogP contribution in [0.5, 0.6) is 5.75 Å². The molecule has 0 aliphatic carbocycles. The second kappa shape index (κ2) is 9.82. The Balaban J connectivity index is 1.78. The number of carbonyl (C=O) groups is 3. The lowest BCUT2D eigenvalue weighted by Crippen LogP contribution is -2.47. The number of carbonyl (C=O) groups excluding carboxylic acids is 3. The van der Waals surface area contributed by atoms with Gasteiger partial charge in [0.25, 0.3) is 0 Å². The number of esters is 2. The van der Waals surface area contributed by atoms with Crippen LogP contribution in [0.3, 0.4) is 0 Å². The number of nitrogens with zero attached hydrogens (tertiary/aromatic N) is 1. The van der Waals surface area contributed by atoms with E-state index in [9.17, 15) is 14.4 Å². The van der Waals surface area contributed by atoms with Gasteiger partial charge in [0.2, 0.25) is 5.91 Å². The quantitative estimate of drug-likeness (QED) is 0.648. The van der Waals surface area contributed by atoms with Gasteiger partial charge in [-0.15, -0.1) is 0 Å². The number of aromatic amines is 1. The highest BCUT2D eigenvalue weighted by atomic mass is 16.5. The van der Waals surface area contributed by atoms with Gasteiger partial charge in [-0.05, 0) is 51.9 Å². The summed E-state index contributed by atoms with van der Waals surface area (Å²) in [7, 11) is 2.81. The Morgan fingerprint density at radius 1 is 1.23 bits per heavy atom. The molecule has 31 heavy (non-hydrogen) atoms. The third-order valence-corrected chi connectivity index (χ3v) is 5.72. The fourth-order valence-electron chi connectivity index (χ4n) is 3.94. The number of ether oxygens (including phenoxy) is 3. The molecule has 1 saturated heterocycles. The van der Waals surface area contributed by atoms with Crippen LogP contribution in [0.25, 0.3) is 10.9 Å². The Morgan fingerprint density at radius 3 is 2.55 bits per heavy atom. The molecule has 0 saturated carbocycles. The van der Waals surface area contributed by atoms with Crippen molar-refractivity contribution < 1.29 is 28.6 Å². The number of piperidine rings is 1. The molecule has 2 aromatic rings. The molecule has 1 aromatic heterocycles. The molecule has 0 radical (unpaired) electrons. The van der Waals surface area contributed by atoms with Crippen molar-refractivity contribution >= 4 is 34.4 Å². The minimum absolute atomic E-state index is 0.129. The number of hydrogen-bond donors (Lipinski definition) is 2. The molecular weight excluding hydrogens is 402 g/mol. The van der Waals surface area contributed by atoms with Crippen LogP contribution in [0.4, 0.5) is 5.69 Å². The van der Waals surface area contributed by atoms with E-state index in [1.807, 2.05) is 11.8 Å². The van der Waals surface area contributed by atoms with Crippen LogP contribution < -0.4 is 10.1 Å². The Hall–Kier alpha value is -3.07. The third-order valence-electron chi connectivity index (χ3n) is 5.72. The number of likely N-dealkylation sites (tertiary alicyclic amines) is 1. The van der Waals surface area contributed by atoms with E-state index in [1.165, 1.54) is 14.2 Å². The lowest BCUT2D eigenvalue weighted by molar-refractivity contribution is -0.149. The highest BCUT2D eigenvalue weighted by Gasteiger charge is 2.31. The summed E-state index contributed by atoms with van der Waals surface area (Å²) in [5.41, 5.74) is 1.14. The van der Waals surface area contributed by atoms with Crippen LogP contribution in [-0.4, -0.2) is 67.7 Å². The summed E-state index contributed by atoms with van der Waals surface area (Å²) in [5, 5.41) is 3.49. The number of benzene rings is 1. The summed E-state index contributed by atoms with van der Waals surface area (Å²) in [6.07, 6.45) is 1.29. The first-order chi connectivity index (χ1) is 14.9. The number of anilines is 1. The molecule has 1 aliphatic heterocycles. The van der Waals surface area contributed by atoms with Crippen molar-refractivity contribution in [2.75, 3.05) is 39.2 Å². The smallest absolute Gasteiger partial charge is 0.356 e. The Morgan fingerprint density at radius 2 is 1.94 bits per heavy atom. The van der Waals surface area contributed by atoms with Crippen LogP contribution in [0.15, 0.2) is 18.2 Å². The molecule has 168 valence electrons. The number of methoxy groups -OCH3 is 2. The molecule has 9 heteroatoms. The maximum Gasteiger partial charge on any atom is 0.356 e. The average molecular weight is 431 g/mol. The van der Waals surface area contributed by atoms with Gasteiger partial charge in [0.1, 0.15) is 11.4 Å². The van der Waals surface area contributed by atoms with Crippen LogP contribution in [0, 0.1) is 5.92 Å². The number of nitrogens with one attached hydrogen (secondary N) is 2. The van der Waals surface area contributed by atoms with Gasteiger partial charge in [-0.25, -0.2) is 4.79 Å². The number of aromatic nitrogens is 1. The van der Waals surface area contributed by atoms with Gasteiger partial charge >= 0.3 is 11.9 Å². The summed E-state index contributed by atoms with van der Waals surface area (Å²) in [6, 6.07) is 4.90. The third kappa shape index (κ3) is 4.66. The van der Waals surface area contributed by atoms with Crippen molar-refractivity contribution in [3.63, 3.8) is 0 Å². The largest absolute Gasteiger partial charge is 0.496 e. The van der Waals surface area contributed by atoms with E-state index >= 15 is 0 Å². The average Bonchev–Trinajstić information content (AvgIpc) is 3.16. The first-order valence-electron chi connectivity index (χ1n) is 10.4. The van der Waals surface area contributed by atoms with Gasteiger partial charge in [0.05, 0.1) is 49.4 Å². The van der Waals surface area contributed by atoms with Gasteiger partial charge in [-0.3, -0.25) is 14.5 Å². The normalized spacial score (nSPS) is 16.0. The molecule has 1 atom stereocenters. The van der Waals surface area contributed by atoms with E-state index < -0.39 is 12.0 Å². The van der Waals surface area contributed by atoms with Gasteiger partial charge in [-0.1, -0.05) is 6.07 Å². The van der Waals surface area contributed by atoms with E-state index in [1.54, 1.807) is 25.1 Å². The molecule has 1 fully saturated rings. The van der Waals surface area contributed by atoms with Crippen LogP contribution in [0.2, 0.25) is 0 Å². The maximum absolute atomic E-state index is 13.1. The monoisotopic (exact) mass is 431 g/mol. The zero-order chi connectivity index (χ0) is 22.5. The lowest BCUT2D eigenvalue weighted by atomic mass is 9.96. The van der Waals surface area contributed by atoms with Gasteiger partial charge < -0.3 is 24.5 Å². The molecule has 1 aliphatic rings. The predicted octanol–water partition coefficient (Wildman–Crippen LogP) is 2.57. The van der Waals surface area contributed by atoms with Crippen molar-refractivity contribution in [2.24, 2.45) is 5.92 Å². The minimum atomic E-state index is -0.587. The van der Waals surface area contributed by atoms with Crippen molar-refractivity contribution in [2.45, 2.75) is 32.7 Å². The summed E-state index contributed by atoms with van der Waals surface area (Å²) in [4.78, 5) is 42.4. The highest BCUT2D eigenvalue weighted by molar-refractivity contribution is 6.13. The van der Waals surface area contributed by atoms with E-state index in [0.717, 1.165) is 0 Å². The van der Waals surface area contributed by atoms with Crippen molar-refractivity contribution in [1.82, 2.24) is 9.88 Å². The summed E-state index contributed by atoms with van der Waals surface area (Å²) < 4.78 is 15.4. The lowest BCUT2D eigenvalue weighted by Gasteiger charge is -2.34. The fourth-order valence-corrected chi connectivity index (χ4v) is 3.94. The number of rotatable bonds is 7. The topological polar surface area (TPSA) is 110 Å². The maximum atomic E-state index is 13.1. The first-order valence-corrected chi connectivity index (χ1v) is 10.4. The Kier molecular flexibility index (Phi) is 7.17. The first kappa shape index (κ1) is 22.6. The van der Waals surface area contributed by atoms with E-state index in [4.69, 9.17) is 14.2 Å².